The Kier molecular flexibility index (Phi) is 6.10. The Hall–Kier alpha value is -3.96. The maximum absolute atomic E-state index is 13.1. The highest BCUT2D eigenvalue weighted by Crippen LogP contribution is 2.34. The van der Waals surface area contributed by atoms with E-state index in [9.17, 15) is 18.0 Å². The molecule has 0 saturated heterocycles. The van der Waals surface area contributed by atoms with Gasteiger partial charge in [0.15, 0.2) is 11.6 Å². The zero-order valence-electron chi connectivity index (χ0n) is 19.7. The van der Waals surface area contributed by atoms with Crippen LogP contribution < -0.4 is 10.1 Å². The van der Waals surface area contributed by atoms with Gasteiger partial charge in [0.1, 0.15) is 11.5 Å². The van der Waals surface area contributed by atoms with Crippen LogP contribution in [0.5, 0.6) is 5.75 Å². The van der Waals surface area contributed by atoms with Crippen LogP contribution in [0.15, 0.2) is 36.7 Å². The molecule has 4 aromatic rings. The van der Waals surface area contributed by atoms with E-state index in [0.717, 1.165) is 5.56 Å². The highest BCUT2D eigenvalue weighted by Gasteiger charge is 2.42. The largest absolute Gasteiger partial charge is 0.494 e. The van der Waals surface area contributed by atoms with E-state index in [-0.39, 0.29) is 31.8 Å². The molecule has 5 rings (SSSR count). The van der Waals surface area contributed by atoms with Crippen molar-refractivity contribution in [2.75, 3.05) is 7.11 Å². The van der Waals surface area contributed by atoms with Gasteiger partial charge in [-0.15, -0.1) is 0 Å². The minimum Gasteiger partial charge on any atom is -0.494 e. The van der Waals surface area contributed by atoms with Crippen LogP contribution in [0.25, 0.3) is 17.2 Å². The van der Waals surface area contributed by atoms with Crippen LogP contribution in [0, 0.1) is 5.92 Å². The van der Waals surface area contributed by atoms with Crippen molar-refractivity contribution in [1.29, 1.82) is 0 Å². The number of benzene rings is 1. The summed E-state index contributed by atoms with van der Waals surface area (Å²) in [4.78, 5) is 26.0. The molecule has 1 aliphatic heterocycles. The van der Waals surface area contributed by atoms with Crippen LogP contribution in [0.3, 0.4) is 0 Å². The molecule has 1 aliphatic rings. The molecule has 0 bridgehead atoms. The summed E-state index contributed by atoms with van der Waals surface area (Å²) in [5, 5.41) is 7.29. The van der Waals surface area contributed by atoms with Crippen molar-refractivity contribution in [3.8, 4) is 17.1 Å². The number of hydrogen-bond acceptors (Lipinski definition) is 6. The Morgan fingerprint density at radius 1 is 1.22 bits per heavy atom. The fraction of sp³-hybridized carbons (Fsp3) is 0.375. The molecule has 0 fully saturated rings. The average Bonchev–Trinajstić information content (AvgIpc) is 3.47. The lowest BCUT2D eigenvalue weighted by atomic mass is 9.98. The summed E-state index contributed by atoms with van der Waals surface area (Å²) in [6, 6.07) is 7.25. The summed E-state index contributed by atoms with van der Waals surface area (Å²) in [5.74, 6) is -0.00850. The summed E-state index contributed by atoms with van der Waals surface area (Å²) in [5.41, 5.74) is 2.58. The SMILES string of the molecule is CCc1nc2ncc(OC)cn2c1C(=O)NCc1ccc(-c2nc3n(n2)CC[C@H](C(F)(F)F)C3)cc1. The normalized spacial score (nSPS) is 15.6. The molecule has 0 aliphatic carbocycles. The second-order valence-corrected chi connectivity index (χ2v) is 8.61. The third-order valence-corrected chi connectivity index (χ3v) is 6.31. The second kappa shape index (κ2) is 9.25. The number of nitrogens with one attached hydrogen (secondary N) is 1. The number of fused-ring (bicyclic) bond motifs is 2. The van der Waals surface area contributed by atoms with E-state index in [0.29, 0.717) is 46.5 Å². The minimum atomic E-state index is -4.23. The fourth-order valence-corrected chi connectivity index (χ4v) is 4.30. The van der Waals surface area contributed by atoms with E-state index < -0.39 is 12.1 Å². The molecule has 0 radical (unpaired) electrons. The first kappa shape index (κ1) is 23.8. The standard InChI is InChI=1S/C24H24F3N7O2/c1-3-18-20(33-13-17(36-2)12-29-23(33)30-18)22(35)28-11-14-4-6-15(7-5-14)21-31-19-10-16(24(25,26)27)8-9-34(19)32-21/h4-7,12-13,16H,3,8-11H2,1-2H3,(H,28,35)/t16-/m0/s1. The maximum Gasteiger partial charge on any atom is 0.392 e. The molecule has 0 saturated carbocycles. The van der Waals surface area contributed by atoms with Crippen LogP contribution in [0.4, 0.5) is 13.2 Å². The van der Waals surface area contributed by atoms with Gasteiger partial charge in [-0.1, -0.05) is 31.2 Å². The molecule has 1 aromatic carbocycles. The number of aromatic nitrogens is 6. The van der Waals surface area contributed by atoms with Crippen molar-refractivity contribution in [3.63, 3.8) is 0 Å². The van der Waals surface area contributed by atoms with Crippen molar-refractivity contribution in [1.82, 2.24) is 34.4 Å². The fourth-order valence-electron chi connectivity index (χ4n) is 4.30. The van der Waals surface area contributed by atoms with Crippen molar-refractivity contribution < 1.29 is 22.7 Å². The number of rotatable bonds is 6. The Balaban J connectivity index is 1.28. The lowest BCUT2D eigenvalue weighted by Gasteiger charge is -2.24. The minimum absolute atomic E-state index is 0.00694. The molecule has 9 nitrogen and oxygen atoms in total. The van der Waals surface area contributed by atoms with E-state index >= 15 is 0 Å². The van der Waals surface area contributed by atoms with E-state index in [1.54, 1.807) is 33.6 Å². The topological polar surface area (TPSA) is 99.2 Å². The number of imidazole rings is 1. The predicted molar refractivity (Wildman–Crippen MR) is 123 cm³/mol. The molecule has 0 unspecified atom stereocenters. The quantitative estimate of drug-likeness (QED) is 0.435. The number of carbonyl (C=O) groups is 1. The first-order valence-corrected chi connectivity index (χ1v) is 11.6. The zero-order chi connectivity index (χ0) is 25.4. The van der Waals surface area contributed by atoms with Gasteiger partial charge in [-0.05, 0) is 18.4 Å². The average molecular weight is 499 g/mol. The summed E-state index contributed by atoms with van der Waals surface area (Å²) in [7, 11) is 1.53. The first-order chi connectivity index (χ1) is 17.3. The molecule has 1 atom stereocenters. The molecule has 4 heterocycles. The van der Waals surface area contributed by atoms with E-state index in [2.05, 4.69) is 25.4 Å². The van der Waals surface area contributed by atoms with Crippen molar-refractivity contribution in [2.45, 2.75) is 45.5 Å². The number of methoxy groups -OCH3 is 1. The number of amides is 1. The molecule has 1 N–H and O–H groups in total. The van der Waals surface area contributed by atoms with Gasteiger partial charge in [0.05, 0.1) is 31.1 Å². The highest BCUT2D eigenvalue weighted by atomic mass is 19.4. The molecule has 36 heavy (non-hydrogen) atoms. The third-order valence-electron chi connectivity index (χ3n) is 6.31. The molecular formula is C24H24F3N7O2. The van der Waals surface area contributed by atoms with Crippen LogP contribution in [0.2, 0.25) is 0 Å². The Labute approximate surface area is 204 Å². The van der Waals surface area contributed by atoms with Crippen LogP contribution >= 0.6 is 0 Å². The number of carbonyl (C=O) groups excluding carboxylic acids is 1. The molecule has 12 heteroatoms. The van der Waals surface area contributed by atoms with E-state index in [4.69, 9.17) is 4.74 Å². The smallest absolute Gasteiger partial charge is 0.392 e. The molecule has 188 valence electrons. The molecule has 3 aromatic heterocycles. The number of halogens is 3. The predicted octanol–water partition coefficient (Wildman–Crippen LogP) is 3.61. The first-order valence-electron chi connectivity index (χ1n) is 11.6. The van der Waals surface area contributed by atoms with Crippen LogP contribution in [-0.2, 0) is 25.9 Å². The number of hydrogen-bond donors (Lipinski definition) is 1. The molecular weight excluding hydrogens is 475 g/mol. The lowest BCUT2D eigenvalue weighted by Crippen LogP contribution is -2.31. The number of aryl methyl sites for hydroxylation is 2. The monoisotopic (exact) mass is 499 g/mol. The summed E-state index contributed by atoms with van der Waals surface area (Å²) >= 11 is 0. The van der Waals surface area contributed by atoms with Gasteiger partial charge in [-0.2, -0.15) is 18.3 Å². The van der Waals surface area contributed by atoms with Gasteiger partial charge in [0, 0.05) is 25.1 Å². The van der Waals surface area contributed by atoms with Gasteiger partial charge in [0.2, 0.25) is 5.78 Å². The van der Waals surface area contributed by atoms with E-state index in [1.165, 1.54) is 7.11 Å². The summed E-state index contributed by atoms with van der Waals surface area (Å²) in [6.07, 6.45) is -0.600. The number of ether oxygens (including phenoxy) is 1. The van der Waals surface area contributed by atoms with Gasteiger partial charge in [-0.3, -0.25) is 9.20 Å². The zero-order valence-corrected chi connectivity index (χ0v) is 19.7. The number of alkyl halides is 3. The Morgan fingerprint density at radius 2 is 2.00 bits per heavy atom. The maximum atomic E-state index is 13.1. The summed E-state index contributed by atoms with van der Waals surface area (Å²) in [6.45, 7) is 2.38. The Bertz CT molecular complexity index is 1410. The molecule has 1 amide bonds. The highest BCUT2D eigenvalue weighted by molar-refractivity contribution is 5.94. The van der Waals surface area contributed by atoms with Crippen molar-refractivity contribution in [2.24, 2.45) is 5.92 Å². The summed E-state index contributed by atoms with van der Waals surface area (Å²) < 4.78 is 47.6. The lowest BCUT2D eigenvalue weighted by molar-refractivity contribution is -0.179. The molecule has 0 spiro atoms. The van der Waals surface area contributed by atoms with Gasteiger partial charge >= 0.3 is 6.18 Å². The second-order valence-electron chi connectivity index (χ2n) is 8.61. The Morgan fingerprint density at radius 3 is 2.69 bits per heavy atom. The van der Waals surface area contributed by atoms with E-state index in [1.807, 2.05) is 19.1 Å². The van der Waals surface area contributed by atoms with Gasteiger partial charge in [-0.25, -0.2) is 19.6 Å². The van der Waals surface area contributed by atoms with Gasteiger partial charge in [0.25, 0.3) is 5.91 Å². The van der Waals surface area contributed by atoms with Crippen LogP contribution in [0.1, 0.15) is 40.9 Å². The van der Waals surface area contributed by atoms with Crippen molar-refractivity contribution >= 4 is 11.7 Å². The van der Waals surface area contributed by atoms with Crippen LogP contribution in [-0.4, -0.2) is 48.3 Å². The number of nitrogens with zero attached hydrogens (tertiary/aromatic N) is 6. The third kappa shape index (κ3) is 4.50. The van der Waals surface area contributed by atoms with Gasteiger partial charge < -0.3 is 10.1 Å². The van der Waals surface area contributed by atoms with Crippen molar-refractivity contribution in [3.05, 3.63) is 59.4 Å².